The first-order chi connectivity index (χ1) is 13.4. The number of aliphatic carboxylic acids is 1. The first-order valence-electron chi connectivity index (χ1n) is 9.78. The molecule has 0 aliphatic carbocycles. The number of aryl methyl sites for hydroxylation is 2. The van der Waals surface area contributed by atoms with E-state index in [2.05, 4.69) is 21.7 Å². The van der Waals surface area contributed by atoms with Crippen LogP contribution in [0.15, 0.2) is 12.1 Å². The maximum Gasteiger partial charge on any atom is 0.335 e. The lowest BCUT2D eigenvalue weighted by molar-refractivity contribution is -0.168. The predicted octanol–water partition coefficient (Wildman–Crippen LogP) is 0.354. The molecule has 1 aromatic rings. The molecule has 1 aromatic heterocycles. The average molecular weight is 392 g/mol. The Balaban J connectivity index is 1.39. The van der Waals surface area contributed by atoms with Crippen LogP contribution in [0.2, 0.25) is 0 Å². The number of likely N-dealkylation sites (tertiary alicyclic amines) is 1. The highest BCUT2D eigenvalue weighted by Gasteiger charge is 2.43. The second-order valence-electron chi connectivity index (χ2n) is 7.51. The summed E-state index contributed by atoms with van der Waals surface area (Å²) in [6.45, 7) is 1.85. The minimum Gasteiger partial charge on any atom is -0.479 e. The molecule has 0 radical (unpaired) electrons. The first-order valence-corrected chi connectivity index (χ1v) is 9.78. The predicted molar refractivity (Wildman–Crippen MR) is 102 cm³/mol. The van der Waals surface area contributed by atoms with Crippen molar-refractivity contribution in [3.8, 4) is 0 Å². The number of aliphatic hydroxyl groups excluding tert-OH is 1. The van der Waals surface area contributed by atoms with Crippen LogP contribution in [0.1, 0.15) is 36.9 Å². The molecule has 3 rings (SSSR count). The van der Waals surface area contributed by atoms with Crippen LogP contribution in [0, 0.1) is 0 Å². The van der Waals surface area contributed by atoms with Crippen molar-refractivity contribution < 1.29 is 24.9 Å². The highest BCUT2D eigenvalue weighted by Crippen LogP contribution is 2.26. The minimum absolute atomic E-state index is 0.0277. The van der Waals surface area contributed by atoms with Crippen LogP contribution in [0.5, 0.6) is 0 Å². The van der Waals surface area contributed by atoms with E-state index in [1.54, 1.807) is 0 Å². The number of amides is 2. The van der Waals surface area contributed by atoms with E-state index in [-0.39, 0.29) is 32.0 Å². The fourth-order valence-electron chi connectivity index (χ4n) is 3.68. The summed E-state index contributed by atoms with van der Waals surface area (Å²) >= 11 is 0. The number of fused-ring (bicyclic) bond motifs is 1. The van der Waals surface area contributed by atoms with E-state index in [4.69, 9.17) is 5.11 Å². The molecule has 2 amide bonds. The average Bonchev–Trinajstić information content (AvgIpc) is 2.70. The van der Waals surface area contributed by atoms with Crippen molar-refractivity contribution in [2.24, 2.45) is 0 Å². The highest BCUT2D eigenvalue weighted by atomic mass is 16.4. The number of pyridine rings is 1. The number of carboxylic acid groups (broad SMARTS) is 1. The summed E-state index contributed by atoms with van der Waals surface area (Å²) in [6, 6.07) is 3.90. The minimum atomic E-state index is -1.84. The summed E-state index contributed by atoms with van der Waals surface area (Å²) in [5.41, 5.74) is 0.559. The largest absolute Gasteiger partial charge is 0.479 e. The Kier molecular flexibility index (Phi) is 6.35. The van der Waals surface area contributed by atoms with Crippen LogP contribution in [-0.4, -0.2) is 75.1 Å². The van der Waals surface area contributed by atoms with Crippen LogP contribution in [0.4, 0.5) is 10.6 Å². The fraction of sp³-hybridized carbons (Fsp3) is 0.632. The number of piperidine rings is 1. The summed E-state index contributed by atoms with van der Waals surface area (Å²) in [6.07, 6.45) is 1.92. The number of hydrogen-bond acceptors (Lipinski definition) is 6. The standard InChI is InChI=1S/C19H28N4O5/c24-15(17(25)26)19(28)7-11-23(12-8-19)18(27)21-10-2-4-14-6-5-13-3-1-9-20-16(13)22-14/h5-6,15,24,28H,1-4,7-12H2,(H,20,22)(H,21,27)(H,25,26). The van der Waals surface area contributed by atoms with Crippen LogP contribution >= 0.6 is 0 Å². The molecular formula is C19H28N4O5. The van der Waals surface area contributed by atoms with Crippen LogP contribution in [0.25, 0.3) is 0 Å². The van der Waals surface area contributed by atoms with Crippen LogP contribution < -0.4 is 10.6 Å². The summed E-state index contributed by atoms with van der Waals surface area (Å²) in [5, 5.41) is 34.9. The smallest absolute Gasteiger partial charge is 0.335 e. The van der Waals surface area contributed by atoms with E-state index in [0.717, 1.165) is 43.7 Å². The Morgan fingerprint density at radius 2 is 2.07 bits per heavy atom. The van der Waals surface area contributed by atoms with Gasteiger partial charge in [0.1, 0.15) is 11.4 Å². The van der Waals surface area contributed by atoms with E-state index in [0.29, 0.717) is 6.54 Å². The normalized spacial score (nSPS) is 19.3. The third kappa shape index (κ3) is 4.71. The number of nitrogens with one attached hydrogen (secondary N) is 2. The van der Waals surface area contributed by atoms with Gasteiger partial charge in [-0.3, -0.25) is 0 Å². The van der Waals surface area contributed by atoms with Crippen molar-refractivity contribution in [1.29, 1.82) is 0 Å². The maximum atomic E-state index is 12.2. The van der Waals surface area contributed by atoms with Gasteiger partial charge < -0.3 is 30.9 Å². The third-order valence-electron chi connectivity index (χ3n) is 5.50. The number of anilines is 1. The molecule has 1 atom stereocenters. The lowest BCUT2D eigenvalue weighted by Gasteiger charge is -2.39. The molecule has 2 aliphatic rings. The number of carboxylic acids is 1. The quantitative estimate of drug-likeness (QED) is 0.441. The summed E-state index contributed by atoms with van der Waals surface area (Å²) < 4.78 is 0. The molecule has 1 saturated heterocycles. The van der Waals surface area contributed by atoms with Gasteiger partial charge in [-0.2, -0.15) is 0 Å². The highest BCUT2D eigenvalue weighted by molar-refractivity contribution is 5.75. The Labute approximate surface area is 163 Å². The van der Waals surface area contributed by atoms with Crippen molar-refractivity contribution >= 4 is 17.8 Å². The molecule has 1 fully saturated rings. The molecule has 154 valence electrons. The molecular weight excluding hydrogens is 364 g/mol. The van der Waals surface area contributed by atoms with Gasteiger partial charge in [0.2, 0.25) is 0 Å². The number of aliphatic hydroxyl groups is 2. The molecule has 28 heavy (non-hydrogen) atoms. The SMILES string of the molecule is O=C(O)C(O)C1(O)CCN(C(=O)NCCCc2ccc3c(n2)NCCC3)CC1. The molecule has 3 heterocycles. The zero-order valence-electron chi connectivity index (χ0n) is 15.9. The molecule has 0 aromatic carbocycles. The number of hydrogen-bond donors (Lipinski definition) is 5. The third-order valence-corrected chi connectivity index (χ3v) is 5.50. The van der Waals surface area contributed by atoms with E-state index in [1.807, 2.05) is 6.07 Å². The molecule has 0 bridgehead atoms. The zero-order valence-corrected chi connectivity index (χ0v) is 15.9. The number of carbonyl (C=O) groups excluding carboxylic acids is 1. The van der Waals surface area contributed by atoms with E-state index in [1.165, 1.54) is 10.5 Å². The van der Waals surface area contributed by atoms with E-state index in [9.17, 15) is 19.8 Å². The number of aromatic nitrogens is 1. The topological polar surface area (TPSA) is 135 Å². The van der Waals surface area contributed by atoms with Gasteiger partial charge in [0.25, 0.3) is 0 Å². The van der Waals surface area contributed by atoms with Gasteiger partial charge in [0.05, 0.1) is 0 Å². The number of carbonyl (C=O) groups is 2. The van der Waals surface area contributed by atoms with Gasteiger partial charge in [-0.15, -0.1) is 0 Å². The lowest BCUT2D eigenvalue weighted by atomic mass is 9.86. The molecule has 1 unspecified atom stereocenters. The molecule has 0 saturated carbocycles. The van der Waals surface area contributed by atoms with Crippen LogP contribution in [0.3, 0.4) is 0 Å². The number of urea groups is 1. The van der Waals surface area contributed by atoms with E-state index < -0.39 is 17.7 Å². The van der Waals surface area contributed by atoms with Crippen molar-refractivity contribution in [2.75, 3.05) is 31.5 Å². The van der Waals surface area contributed by atoms with E-state index >= 15 is 0 Å². The van der Waals surface area contributed by atoms with Gasteiger partial charge in [-0.25, -0.2) is 14.6 Å². The van der Waals surface area contributed by atoms with Gasteiger partial charge in [0.15, 0.2) is 6.10 Å². The fourth-order valence-corrected chi connectivity index (χ4v) is 3.68. The van der Waals surface area contributed by atoms with Crippen molar-refractivity contribution in [3.63, 3.8) is 0 Å². The summed E-state index contributed by atoms with van der Waals surface area (Å²) in [4.78, 5) is 29.3. The molecule has 2 aliphatic heterocycles. The van der Waals surface area contributed by atoms with Gasteiger partial charge >= 0.3 is 12.0 Å². The Hall–Kier alpha value is -2.39. The monoisotopic (exact) mass is 392 g/mol. The Morgan fingerprint density at radius 1 is 1.32 bits per heavy atom. The van der Waals surface area contributed by atoms with Crippen molar-refractivity contribution in [2.45, 2.75) is 50.2 Å². The summed E-state index contributed by atoms with van der Waals surface area (Å²) in [7, 11) is 0. The number of nitrogens with zero attached hydrogens (tertiary/aromatic N) is 2. The second-order valence-corrected chi connectivity index (χ2v) is 7.51. The van der Waals surface area contributed by atoms with Crippen molar-refractivity contribution in [3.05, 3.63) is 23.4 Å². The number of rotatable bonds is 6. The van der Waals surface area contributed by atoms with Gasteiger partial charge in [0, 0.05) is 31.9 Å². The van der Waals surface area contributed by atoms with Crippen LogP contribution in [-0.2, 0) is 17.6 Å². The lowest BCUT2D eigenvalue weighted by Crippen LogP contribution is -2.56. The molecule has 5 N–H and O–H groups in total. The zero-order chi connectivity index (χ0) is 20.1. The van der Waals surface area contributed by atoms with Crippen molar-refractivity contribution in [1.82, 2.24) is 15.2 Å². The Morgan fingerprint density at radius 3 is 2.79 bits per heavy atom. The maximum absolute atomic E-state index is 12.2. The molecule has 9 nitrogen and oxygen atoms in total. The summed E-state index contributed by atoms with van der Waals surface area (Å²) in [5.74, 6) is -0.483. The molecule has 0 spiro atoms. The van der Waals surface area contributed by atoms with Gasteiger partial charge in [-0.1, -0.05) is 6.07 Å². The second kappa shape index (κ2) is 8.74. The first kappa shape index (κ1) is 20.3. The Bertz CT molecular complexity index is 718. The van der Waals surface area contributed by atoms with Gasteiger partial charge in [-0.05, 0) is 50.2 Å². The molecule has 9 heteroatoms.